The van der Waals surface area contributed by atoms with Gasteiger partial charge in [0.1, 0.15) is 51.7 Å². The van der Waals surface area contributed by atoms with Gasteiger partial charge >= 0.3 is 41.8 Å². The van der Waals surface area contributed by atoms with Crippen LogP contribution in [-0.2, 0) is 66.7 Å². The number of esters is 7. The molecule has 0 heterocycles. The number of carbonyl (C=O) groups is 7. The number of carbonyl (C=O) groups excluding carboxylic acids is 7. The number of aliphatic hydroxyl groups is 1. The lowest BCUT2D eigenvalue weighted by Crippen LogP contribution is -2.43. The Morgan fingerprint density at radius 3 is 0.818 bits per heavy atom. The molecule has 0 aliphatic rings. The summed E-state index contributed by atoms with van der Waals surface area (Å²) in [5.41, 5.74) is -3.18. The lowest BCUT2D eigenvalue weighted by Gasteiger charge is -2.31. The standard InChI is InChI=1S/C29H34O15/c1-6-21(31)38-14-28(13-30,15-39-22(32)7-2)16-43-26(36)11-12-27(37)44-20-29(17-40-23(33)8-3,18-41-24(34)9-4)19-42-25(35)10-5/h6-12,30H,1-5,13-20H2. The van der Waals surface area contributed by atoms with E-state index in [1.54, 1.807) is 0 Å². The van der Waals surface area contributed by atoms with Crippen molar-refractivity contribution >= 4 is 41.8 Å². The fourth-order valence-corrected chi connectivity index (χ4v) is 2.61. The summed E-state index contributed by atoms with van der Waals surface area (Å²) in [4.78, 5) is 82.6. The maximum absolute atomic E-state index is 12.4. The normalized spacial score (nSPS) is 10.8. The zero-order chi connectivity index (χ0) is 33.6. The summed E-state index contributed by atoms with van der Waals surface area (Å²) in [5.74, 6) is -6.61. The van der Waals surface area contributed by atoms with Crippen LogP contribution in [0.5, 0.6) is 0 Å². The second kappa shape index (κ2) is 20.5. The minimum Gasteiger partial charge on any atom is -0.462 e. The van der Waals surface area contributed by atoms with Crippen LogP contribution in [0.3, 0.4) is 0 Å². The average Bonchev–Trinajstić information content (AvgIpc) is 3.05. The van der Waals surface area contributed by atoms with Gasteiger partial charge in [-0.15, -0.1) is 0 Å². The van der Waals surface area contributed by atoms with E-state index in [9.17, 15) is 38.7 Å². The molecule has 0 radical (unpaired) electrons. The third-order valence-electron chi connectivity index (χ3n) is 5.17. The molecule has 1 N–H and O–H groups in total. The van der Waals surface area contributed by atoms with Crippen LogP contribution in [0.25, 0.3) is 0 Å². The summed E-state index contributed by atoms with van der Waals surface area (Å²) in [7, 11) is 0. The van der Waals surface area contributed by atoms with E-state index in [4.69, 9.17) is 33.2 Å². The third kappa shape index (κ3) is 15.6. The molecule has 15 heteroatoms. The van der Waals surface area contributed by atoms with Crippen LogP contribution in [0.15, 0.2) is 75.4 Å². The van der Waals surface area contributed by atoms with E-state index < -0.39 is 105 Å². The van der Waals surface area contributed by atoms with Gasteiger partial charge in [0.05, 0.1) is 12.0 Å². The van der Waals surface area contributed by atoms with Gasteiger partial charge in [0.15, 0.2) is 0 Å². The van der Waals surface area contributed by atoms with E-state index >= 15 is 0 Å². The molecular weight excluding hydrogens is 588 g/mol. The van der Waals surface area contributed by atoms with Crippen molar-refractivity contribution in [1.82, 2.24) is 0 Å². The van der Waals surface area contributed by atoms with Crippen molar-refractivity contribution in [2.75, 3.05) is 52.9 Å². The molecular formula is C29H34O15. The van der Waals surface area contributed by atoms with Gasteiger partial charge in [-0.2, -0.15) is 0 Å². The van der Waals surface area contributed by atoms with E-state index in [1.165, 1.54) is 0 Å². The molecule has 0 atom stereocenters. The van der Waals surface area contributed by atoms with Gasteiger partial charge in [-0.1, -0.05) is 32.9 Å². The van der Waals surface area contributed by atoms with Gasteiger partial charge in [0.25, 0.3) is 0 Å². The van der Waals surface area contributed by atoms with Crippen LogP contribution in [-0.4, -0.2) is 99.7 Å². The first kappa shape index (κ1) is 38.7. The fourth-order valence-electron chi connectivity index (χ4n) is 2.61. The Hall–Kier alpha value is -5.31. The fraction of sp³-hybridized carbons (Fsp3) is 0.345. The molecule has 0 aromatic carbocycles. The molecule has 0 fully saturated rings. The molecule has 0 saturated heterocycles. The molecule has 240 valence electrons. The number of rotatable bonds is 22. The van der Waals surface area contributed by atoms with Crippen LogP contribution in [0.4, 0.5) is 0 Å². The predicted octanol–water partition coefficient (Wildman–Crippen LogP) is 0.240. The maximum Gasteiger partial charge on any atom is 0.331 e. The van der Waals surface area contributed by atoms with Crippen molar-refractivity contribution in [3.8, 4) is 0 Å². The average molecular weight is 623 g/mol. The Morgan fingerprint density at radius 2 is 0.614 bits per heavy atom. The molecule has 0 aromatic rings. The van der Waals surface area contributed by atoms with Gasteiger partial charge in [0.2, 0.25) is 0 Å². The first-order valence-electron chi connectivity index (χ1n) is 12.4. The van der Waals surface area contributed by atoms with Crippen molar-refractivity contribution in [3.63, 3.8) is 0 Å². The summed E-state index contributed by atoms with van der Waals surface area (Å²) in [5, 5.41) is 9.88. The topological polar surface area (TPSA) is 204 Å². The second-order valence-corrected chi connectivity index (χ2v) is 8.77. The van der Waals surface area contributed by atoms with Crippen LogP contribution in [0, 0.1) is 10.8 Å². The highest BCUT2D eigenvalue weighted by Crippen LogP contribution is 2.22. The predicted molar refractivity (Wildman–Crippen MR) is 149 cm³/mol. The first-order valence-corrected chi connectivity index (χ1v) is 12.4. The van der Waals surface area contributed by atoms with Gasteiger partial charge in [-0.25, -0.2) is 33.6 Å². The monoisotopic (exact) mass is 622 g/mol. The molecule has 0 spiro atoms. The summed E-state index contributed by atoms with van der Waals surface area (Å²) < 4.78 is 35.0. The Balaban J connectivity index is 5.63. The van der Waals surface area contributed by atoms with E-state index in [2.05, 4.69) is 32.9 Å². The second-order valence-electron chi connectivity index (χ2n) is 8.77. The van der Waals surface area contributed by atoms with E-state index in [0.29, 0.717) is 12.2 Å². The van der Waals surface area contributed by atoms with Crippen LogP contribution in [0.1, 0.15) is 0 Å². The minimum atomic E-state index is -1.60. The van der Waals surface area contributed by atoms with Gasteiger partial charge in [0, 0.05) is 42.5 Å². The Kier molecular flexibility index (Phi) is 18.1. The number of hydrogen-bond donors (Lipinski definition) is 1. The number of aliphatic hydroxyl groups excluding tert-OH is 1. The van der Waals surface area contributed by atoms with Crippen molar-refractivity contribution in [2.24, 2.45) is 10.8 Å². The molecule has 0 amide bonds. The molecule has 0 rings (SSSR count). The Labute approximate surface area is 253 Å². The summed E-state index contributed by atoms with van der Waals surface area (Å²) >= 11 is 0. The molecule has 0 saturated carbocycles. The van der Waals surface area contributed by atoms with Crippen LogP contribution < -0.4 is 0 Å². The van der Waals surface area contributed by atoms with E-state index in [-0.39, 0.29) is 0 Å². The number of hydrogen-bond acceptors (Lipinski definition) is 15. The third-order valence-corrected chi connectivity index (χ3v) is 5.17. The zero-order valence-corrected chi connectivity index (χ0v) is 23.9. The largest absolute Gasteiger partial charge is 0.462 e. The SMILES string of the molecule is C=CC(=O)OCC(CO)(COC(=O)C=C)COC(=O)C=CC(=O)OCC(COC(=O)C=C)(COC(=O)C=C)COC(=O)C=C. The highest BCUT2D eigenvalue weighted by atomic mass is 16.6. The van der Waals surface area contributed by atoms with Crippen molar-refractivity contribution in [2.45, 2.75) is 0 Å². The molecule has 0 aliphatic carbocycles. The van der Waals surface area contributed by atoms with Crippen molar-refractivity contribution in [3.05, 3.63) is 75.4 Å². The van der Waals surface area contributed by atoms with Crippen LogP contribution >= 0.6 is 0 Å². The van der Waals surface area contributed by atoms with Gasteiger partial charge in [-0.05, 0) is 0 Å². The zero-order valence-electron chi connectivity index (χ0n) is 23.9. The summed E-state index contributed by atoms with van der Waals surface area (Å²) in [6, 6.07) is 0. The quantitative estimate of drug-likeness (QED) is 0.0975. The summed E-state index contributed by atoms with van der Waals surface area (Å²) in [6.07, 6.45) is 5.54. The molecule has 0 bridgehead atoms. The maximum atomic E-state index is 12.4. The van der Waals surface area contributed by atoms with Crippen molar-refractivity contribution < 1.29 is 71.8 Å². The molecule has 0 aliphatic heterocycles. The van der Waals surface area contributed by atoms with Gasteiger partial charge < -0.3 is 38.3 Å². The lowest BCUT2D eigenvalue weighted by atomic mass is 9.92. The Morgan fingerprint density at radius 1 is 0.409 bits per heavy atom. The van der Waals surface area contributed by atoms with E-state index in [0.717, 1.165) is 30.4 Å². The highest BCUT2D eigenvalue weighted by Gasteiger charge is 2.38. The van der Waals surface area contributed by atoms with E-state index in [1.807, 2.05) is 0 Å². The van der Waals surface area contributed by atoms with Crippen LogP contribution in [0.2, 0.25) is 0 Å². The lowest BCUT2D eigenvalue weighted by molar-refractivity contribution is -0.165. The molecule has 44 heavy (non-hydrogen) atoms. The highest BCUT2D eigenvalue weighted by molar-refractivity contribution is 5.91. The molecule has 0 unspecified atom stereocenters. The van der Waals surface area contributed by atoms with Gasteiger partial charge in [-0.3, -0.25) is 0 Å². The molecule has 0 aromatic heterocycles. The Bertz CT molecular complexity index is 1060. The minimum absolute atomic E-state index is 0.539. The van der Waals surface area contributed by atoms with Crippen molar-refractivity contribution in [1.29, 1.82) is 0 Å². The number of ether oxygens (including phenoxy) is 7. The first-order chi connectivity index (χ1) is 20.8. The molecule has 15 nitrogen and oxygen atoms in total. The smallest absolute Gasteiger partial charge is 0.331 e. The summed E-state index contributed by atoms with van der Waals surface area (Å²) in [6.45, 7) is 11.4.